The van der Waals surface area contributed by atoms with E-state index in [1.54, 1.807) is 6.92 Å². The molecule has 6 nitrogen and oxygen atoms in total. The Morgan fingerprint density at radius 3 is 2.56 bits per heavy atom. The van der Waals surface area contributed by atoms with Crippen LogP contribution in [0.15, 0.2) is 0 Å². The fourth-order valence-electron chi connectivity index (χ4n) is 1.02. The van der Waals surface area contributed by atoms with Crippen LogP contribution in [-0.2, 0) is 14.3 Å². The zero-order valence-electron chi connectivity index (χ0n) is 9.86. The fourth-order valence-corrected chi connectivity index (χ4v) is 1.02. The minimum Gasteiger partial charge on any atom is -0.453 e. The molecule has 0 spiro atoms. The molecule has 0 aliphatic carbocycles. The van der Waals surface area contributed by atoms with Gasteiger partial charge in [0.05, 0.1) is 7.11 Å². The van der Waals surface area contributed by atoms with Crippen LogP contribution in [-0.4, -0.2) is 43.5 Å². The van der Waals surface area contributed by atoms with Gasteiger partial charge in [-0.05, 0) is 6.42 Å². The van der Waals surface area contributed by atoms with Crippen molar-refractivity contribution in [3.05, 3.63) is 0 Å². The first-order valence-electron chi connectivity index (χ1n) is 5.14. The van der Waals surface area contributed by atoms with Gasteiger partial charge in [-0.1, -0.05) is 13.8 Å². The Hall–Kier alpha value is -1.59. The van der Waals surface area contributed by atoms with Crippen molar-refractivity contribution in [2.45, 2.75) is 20.3 Å². The number of imide groups is 1. The van der Waals surface area contributed by atoms with Gasteiger partial charge < -0.3 is 10.1 Å². The summed E-state index contributed by atoms with van der Waals surface area (Å²) in [6.45, 7) is 3.97. The van der Waals surface area contributed by atoms with E-state index in [9.17, 15) is 14.4 Å². The average Bonchev–Trinajstić information content (AvgIpc) is 2.32. The highest BCUT2D eigenvalue weighted by atomic mass is 16.5. The number of hydrogen-bond donors (Lipinski definition) is 1. The Kier molecular flexibility index (Phi) is 6.91. The third-order valence-corrected chi connectivity index (χ3v) is 2.25. The first-order valence-corrected chi connectivity index (χ1v) is 5.14. The summed E-state index contributed by atoms with van der Waals surface area (Å²) >= 11 is 0. The van der Waals surface area contributed by atoms with Crippen LogP contribution >= 0.6 is 0 Å². The molecular weight excluding hydrogens is 212 g/mol. The standard InChI is InChI=1S/C10H18N2O4/c1-4-8(2)9(14)12(7-13)6-5-11-10(15)16-3/h7-8H,4-6H2,1-3H3,(H,11,15). The molecule has 0 saturated carbocycles. The van der Waals surface area contributed by atoms with Gasteiger partial charge in [0.2, 0.25) is 12.3 Å². The SMILES string of the molecule is CCC(C)C(=O)N(C=O)CCNC(=O)OC. The molecule has 0 aromatic carbocycles. The summed E-state index contributed by atoms with van der Waals surface area (Å²) in [4.78, 5) is 34.1. The number of carbonyl (C=O) groups is 3. The third kappa shape index (κ3) is 4.77. The van der Waals surface area contributed by atoms with Gasteiger partial charge in [0, 0.05) is 19.0 Å². The van der Waals surface area contributed by atoms with Crippen LogP contribution in [0.4, 0.5) is 4.79 Å². The zero-order chi connectivity index (χ0) is 12.6. The lowest BCUT2D eigenvalue weighted by atomic mass is 10.1. The minimum absolute atomic E-state index is 0.155. The van der Waals surface area contributed by atoms with Crippen LogP contribution in [0.25, 0.3) is 0 Å². The highest BCUT2D eigenvalue weighted by Crippen LogP contribution is 2.04. The molecule has 0 heterocycles. The van der Waals surface area contributed by atoms with E-state index >= 15 is 0 Å². The number of rotatable bonds is 6. The van der Waals surface area contributed by atoms with Crippen molar-refractivity contribution in [1.82, 2.24) is 10.2 Å². The number of hydrogen-bond acceptors (Lipinski definition) is 4. The molecule has 3 amide bonds. The zero-order valence-corrected chi connectivity index (χ0v) is 9.86. The van der Waals surface area contributed by atoms with Crippen molar-refractivity contribution in [1.29, 1.82) is 0 Å². The van der Waals surface area contributed by atoms with Crippen LogP contribution in [0.5, 0.6) is 0 Å². The summed E-state index contributed by atoms with van der Waals surface area (Å²) in [7, 11) is 1.25. The van der Waals surface area contributed by atoms with E-state index in [2.05, 4.69) is 10.1 Å². The van der Waals surface area contributed by atoms with Crippen molar-refractivity contribution in [2.24, 2.45) is 5.92 Å². The average molecular weight is 230 g/mol. The van der Waals surface area contributed by atoms with Crippen LogP contribution < -0.4 is 5.32 Å². The van der Waals surface area contributed by atoms with Crippen molar-refractivity contribution in [3.63, 3.8) is 0 Å². The van der Waals surface area contributed by atoms with E-state index < -0.39 is 6.09 Å². The number of nitrogens with one attached hydrogen (secondary N) is 1. The summed E-state index contributed by atoms with van der Waals surface area (Å²) in [6, 6.07) is 0. The monoisotopic (exact) mass is 230 g/mol. The van der Waals surface area contributed by atoms with Crippen molar-refractivity contribution < 1.29 is 19.1 Å². The molecule has 1 unspecified atom stereocenters. The van der Waals surface area contributed by atoms with Crippen molar-refractivity contribution in [2.75, 3.05) is 20.2 Å². The number of amides is 3. The van der Waals surface area contributed by atoms with Gasteiger partial charge in [0.1, 0.15) is 0 Å². The van der Waals surface area contributed by atoms with E-state index in [4.69, 9.17) is 0 Å². The van der Waals surface area contributed by atoms with Crippen LogP contribution in [0.3, 0.4) is 0 Å². The normalized spacial score (nSPS) is 11.4. The van der Waals surface area contributed by atoms with Crippen LogP contribution in [0.2, 0.25) is 0 Å². The smallest absolute Gasteiger partial charge is 0.406 e. The molecular formula is C10H18N2O4. The maximum atomic E-state index is 11.6. The predicted octanol–water partition coefficient (Wildman–Crippen LogP) is 0.373. The summed E-state index contributed by atoms with van der Waals surface area (Å²) in [5.74, 6) is -0.424. The first-order chi connectivity index (χ1) is 7.56. The Morgan fingerprint density at radius 1 is 1.50 bits per heavy atom. The fraction of sp³-hybridized carbons (Fsp3) is 0.700. The molecule has 0 aromatic rings. The molecule has 0 aliphatic rings. The number of ether oxygens (including phenoxy) is 1. The second-order valence-corrected chi connectivity index (χ2v) is 3.36. The van der Waals surface area contributed by atoms with Crippen molar-refractivity contribution in [3.8, 4) is 0 Å². The molecule has 92 valence electrons. The maximum absolute atomic E-state index is 11.6. The van der Waals surface area contributed by atoms with E-state index in [1.165, 1.54) is 7.11 Å². The highest BCUT2D eigenvalue weighted by molar-refractivity contribution is 5.87. The molecule has 0 radical (unpaired) electrons. The molecule has 1 atom stereocenters. The maximum Gasteiger partial charge on any atom is 0.406 e. The van der Waals surface area contributed by atoms with Crippen LogP contribution in [0.1, 0.15) is 20.3 Å². The summed E-state index contributed by atoms with van der Waals surface area (Å²) in [5, 5.41) is 2.39. The lowest BCUT2D eigenvalue weighted by molar-refractivity contribution is -0.141. The van der Waals surface area contributed by atoms with Gasteiger partial charge in [-0.3, -0.25) is 14.5 Å². The quantitative estimate of drug-likeness (QED) is 0.669. The molecule has 0 fully saturated rings. The summed E-state index contributed by atoms with van der Waals surface area (Å²) in [6.07, 6.45) is 0.572. The van der Waals surface area contributed by atoms with Gasteiger partial charge in [-0.25, -0.2) is 4.79 Å². The Morgan fingerprint density at radius 2 is 2.12 bits per heavy atom. The van der Waals surface area contributed by atoms with Gasteiger partial charge in [0.15, 0.2) is 0 Å². The second-order valence-electron chi connectivity index (χ2n) is 3.36. The summed E-state index contributed by atoms with van der Waals surface area (Å²) < 4.78 is 4.35. The van der Waals surface area contributed by atoms with E-state index in [1.807, 2.05) is 6.92 Å². The lowest BCUT2D eigenvalue weighted by Gasteiger charge is -2.18. The third-order valence-electron chi connectivity index (χ3n) is 2.25. The Labute approximate surface area is 94.9 Å². The second kappa shape index (κ2) is 7.67. The van der Waals surface area contributed by atoms with Gasteiger partial charge >= 0.3 is 6.09 Å². The molecule has 0 bridgehead atoms. The van der Waals surface area contributed by atoms with Crippen LogP contribution in [0, 0.1) is 5.92 Å². The van der Waals surface area contributed by atoms with E-state index in [0.29, 0.717) is 12.8 Å². The van der Waals surface area contributed by atoms with Gasteiger partial charge in [-0.2, -0.15) is 0 Å². The largest absolute Gasteiger partial charge is 0.453 e. The molecule has 16 heavy (non-hydrogen) atoms. The predicted molar refractivity (Wildman–Crippen MR) is 57.6 cm³/mol. The van der Waals surface area contributed by atoms with E-state index in [-0.39, 0.29) is 24.9 Å². The number of alkyl carbamates (subject to hydrolysis) is 1. The van der Waals surface area contributed by atoms with Gasteiger partial charge in [0.25, 0.3) is 0 Å². The number of carbonyl (C=O) groups excluding carboxylic acids is 3. The molecule has 1 N–H and O–H groups in total. The van der Waals surface area contributed by atoms with E-state index in [0.717, 1.165) is 4.90 Å². The first kappa shape index (κ1) is 14.4. The molecule has 0 aliphatic heterocycles. The Balaban J connectivity index is 4.06. The lowest BCUT2D eigenvalue weighted by Crippen LogP contribution is -2.40. The number of nitrogens with zero attached hydrogens (tertiary/aromatic N) is 1. The molecule has 0 aromatic heterocycles. The molecule has 6 heteroatoms. The topological polar surface area (TPSA) is 75.7 Å². The summed E-state index contributed by atoms with van der Waals surface area (Å²) in [5.41, 5.74) is 0. The van der Waals surface area contributed by atoms with Gasteiger partial charge in [-0.15, -0.1) is 0 Å². The molecule has 0 rings (SSSR count). The van der Waals surface area contributed by atoms with Crippen molar-refractivity contribution >= 4 is 18.4 Å². The molecule has 0 saturated heterocycles. The minimum atomic E-state index is -0.582. The number of methoxy groups -OCH3 is 1. The Bertz CT molecular complexity index is 255. The highest BCUT2D eigenvalue weighted by Gasteiger charge is 2.18.